The van der Waals surface area contributed by atoms with Crippen molar-refractivity contribution in [2.24, 2.45) is 5.41 Å². The lowest BCUT2D eigenvalue weighted by Crippen LogP contribution is -2.31. The highest BCUT2D eigenvalue weighted by Gasteiger charge is 2.33. The number of halogens is 3. The molecule has 0 saturated heterocycles. The van der Waals surface area contributed by atoms with E-state index in [1.165, 1.54) is 19.3 Å². The van der Waals surface area contributed by atoms with E-state index >= 15 is 0 Å². The second kappa shape index (κ2) is 5.30. The normalized spacial score (nSPS) is 17.4. The highest BCUT2D eigenvalue weighted by molar-refractivity contribution is 9.10. The Kier molecular flexibility index (Phi) is 3.80. The van der Waals surface area contributed by atoms with E-state index in [1.807, 2.05) is 0 Å². The number of fused-ring (bicyclic) bond motifs is 1. The van der Waals surface area contributed by atoms with Crippen LogP contribution in [0, 0.1) is 11.2 Å². The van der Waals surface area contributed by atoms with Crippen LogP contribution in [0.15, 0.2) is 16.6 Å². The third kappa shape index (κ3) is 2.48. The van der Waals surface area contributed by atoms with Crippen LogP contribution in [-0.2, 0) is 13.0 Å². The largest absolute Gasteiger partial charge is 0.327 e. The van der Waals surface area contributed by atoms with E-state index in [0.29, 0.717) is 22.2 Å². The Bertz CT molecular complexity index is 649. The zero-order chi connectivity index (χ0) is 14.3. The van der Waals surface area contributed by atoms with Crippen LogP contribution >= 0.6 is 27.5 Å². The van der Waals surface area contributed by atoms with E-state index in [1.54, 1.807) is 12.1 Å². The first-order chi connectivity index (χ1) is 9.52. The number of alkyl halides is 1. The Morgan fingerprint density at radius 1 is 1.45 bits per heavy atom. The summed E-state index contributed by atoms with van der Waals surface area (Å²) in [5.41, 5.74) is 2.03. The summed E-state index contributed by atoms with van der Waals surface area (Å²) in [6, 6.07) is 3.33. The summed E-state index contributed by atoms with van der Waals surface area (Å²) < 4.78 is 16.5. The van der Waals surface area contributed by atoms with Gasteiger partial charge >= 0.3 is 0 Å². The van der Waals surface area contributed by atoms with Crippen LogP contribution < -0.4 is 0 Å². The Morgan fingerprint density at radius 3 is 2.80 bits per heavy atom. The van der Waals surface area contributed by atoms with Gasteiger partial charge in [-0.05, 0) is 40.3 Å². The smallest absolute Gasteiger partial charge is 0.139 e. The van der Waals surface area contributed by atoms with Gasteiger partial charge in [-0.1, -0.05) is 13.3 Å². The van der Waals surface area contributed by atoms with Gasteiger partial charge in [0.1, 0.15) is 11.6 Å². The molecule has 1 aromatic carbocycles. The summed E-state index contributed by atoms with van der Waals surface area (Å²) in [6.45, 7) is 3.19. The summed E-state index contributed by atoms with van der Waals surface area (Å²) in [6.07, 6.45) is 4.46. The lowest BCUT2D eigenvalue weighted by Gasteiger charge is -2.39. The van der Waals surface area contributed by atoms with Crippen LogP contribution in [-0.4, -0.2) is 15.4 Å². The Balaban J connectivity index is 2.10. The summed E-state index contributed by atoms with van der Waals surface area (Å²) >= 11 is 9.11. The van der Waals surface area contributed by atoms with Crippen molar-refractivity contribution in [3.8, 4) is 0 Å². The molecule has 0 radical (unpaired) electrons. The molecule has 0 N–H and O–H groups in total. The van der Waals surface area contributed by atoms with Crippen molar-refractivity contribution in [1.29, 1.82) is 0 Å². The highest BCUT2D eigenvalue weighted by atomic mass is 79.9. The van der Waals surface area contributed by atoms with Crippen molar-refractivity contribution in [2.45, 2.75) is 39.2 Å². The maximum Gasteiger partial charge on any atom is 0.139 e. The van der Waals surface area contributed by atoms with Gasteiger partial charge in [0.25, 0.3) is 0 Å². The van der Waals surface area contributed by atoms with Crippen LogP contribution in [0.4, 0.5) is 4.39 Å². The van der Waals surface area contributed by atoms with Gasteiger partial charge in [0, 0.05) is 24.9 Å². The average Bonchev–Trinajstić information content (AvgIpc) is 2.67. The van der Waals surface area contributed by atoms with Crippen molar-refractivity contribution in [3.05, 3.63) is 28.2 Å². The molecule has 0 unspecified atom stereocenters. The molecule has 5 heteroatoms. The number of hydrogen-bond acceptors (Lipinski definition) is 1. The molecule has 2 nitrogen and oxygen atoms in total. The van der Waals surface area contributed by atoms with Gasteiger partial charge in [0.15, 0.2) is 0 Å². The number of hydrogen-bond donors (Lipinski definition) is 0. The third-order valence-electron chi connectivity index (χ3n) is 4.29. The van der Waals surface area contributed by atoms with Crippen LogP contribution in [0.1, 0.15) is 32.0 Å². The van der Waals surface area contributed by atoms with E-state index in [0.717, 1.165) is 23.4 Å². The third-order valence-corrected chi connectivity index (χ3v) is 5.08. The van der Waals surface area contributed by atoms with E-state index in [9.17, 15) is 4.39 Å². The highest BCUT2D eigenvalue weighted by Crippen LogP contribution is 2.42. The fourth-order valence-corrected chi connectivity index (χ4v) is 3.44. The number of nitrogens with zero attached hydrogens (tertiary/aromatic N) is 2. The van der Waals surface area contributed by atoms with E-state index < -0.39 is 0 Å². The lowest BCUT2D eigenvalue weighted by atomic mass is 9.70. The molecule has 0 bridgehead atoms. The number of imidazole rings is 1. The lowest BCUT2D eigenvalue weighted by molar-refractivity contribution is 0.132. The van der Waals surface area contributed by atoms with Gasteiger partial charge in [-0.15, -0.1) is 11.6 Å². The second-order valence-corrected chi connectivity index (χ2v) is 7.20. The van der Waals surface area contributed by atoms with Crippen LogP contribution in [0.5, 0.6) is 0 Å². The molecule has 0 spiro atoms. The van der Waals surface area contributed by atoms with Crippen molar-refractivity contribution in [3.63, 3.8) is 0 Å². The van der Waals surface area contributed by atoms with Crippen molar-refractivity contribution in [2.75, 3.05) is 5.88 Å². The monoisotopic (exact) mass is 358 g/mol. The van der Waals surface area contributed by atoms with Gasteiger partial charge in [-0.2, -0.15) is 0 Å². The Morgan fingerprint density at radius 2 is 2.20 bits per heavy atom. The van der Waals surface area contributed by atoms with Crippen LogP contribution in [0.3, 0.4) is 0 Å². The van der Waals surface area contributed by atoms with Gasteiger partial charge < -0.3 is 4.57 Å². The van der Waals surface area contributed by atoms with Gasteiger partial charge in [0.05, 0.1) is 15.5 Å². The maximum absolute atomic E-state index is 13.8. The quantitative estimate of drug-likeness (QED) is 0.709. The molecule has 0 atom stereocenters. The summed E-state index contributed by atoms with van der Waals surface area (Å²) in [5, 5.41) is 0. The molecular formula is C15H17BrClFN2. The number of rotatable bonds is 4. The topological polar surface area (TPSA) is 17.8 Å². The minimum Gasteiger partial charge on any atom is -0.327 e. The molecule has 0 amide bonds. The number of aryl methyl sites for hydroxylation is 1. The molecular weight excluding hydrogens is 343 g/mol. The molecule has 1 aromatic heterocycles. The van der Waals surface area contributed by atoms with Gasteiger partial charge in [-0.3, -0.25) is 0 Å². The molecule has 1 aliphatic carbocycles. The van der Waals surface area contributed by atoms with Crippen molar-refractivity contribution >= 4 is 38.6 Å². The molecule has 2 aromatic rings. The Labute approximate surface area is 131 Å². The second-order valence-electron chi connectivity index (χ2n) is 5.97. The molecule has 1 aliphatic rings. The molecule has 1 fully saturated rings. The predicted octanol–water partition coefficient (Wildman–Crippen LogP) is 4.91. The first-order valence-corrected chi connectivity index (χ1v) is 8.25. The molecule has 108 valence electrons. The molecule has 0 aliphatic heterocycles. The standard InChI is InChI=1S/C15H17BrClFN2/c1-15(4-2-5-15)9-20-13-8-11(18)10(16)7-12(13)19-14(20)3-6-17/h7-8H,2-6,9H2,1H3. The zero-order valence-electron chi connectivity index (χ0n) is 11.4. The van der Waals surface area contributed by atoms with E-state index in [-0.39, 0.29) is 5.82 Å². The minimum atomic E-state index is -0.241. The first kappa shape index (κ1) is 14.3. The molecule has 1 saturated carbocycles. The summed E-state index contributed by atoms with van der Waals surface area (Å²) in [7, 11) is 0. The first-order valence-electron chi connectivity index (χ1n) is 6.92. The SMILES string of the molecule is CC1(Cn2c(CCCl)nc3cc(Br)c(F)cc32)CCC1. The van der Waals surface area contributed by atoms with Crippen molar-refractivity contribution in [1.82, 2.24) is 9.55 Å². The maximum atomic E-state index is 13.8. The van der Waals surface area contributed by atoms with Gasteiger partial charge in [0.2, 0.25) is 0 Å². The van der Waals surface area contributed by atoms with Crippen LogP contribution in [0.25, 0.3) is 11.0 Å². The molecule has 1 heterocycles. The summed E-state index contributed by atoms with van der Waals surface area (Å²) in [5.74, 6) is 1.25. The number of benzene rings is 1. The minimum absolute atomic E-state index is 0.241. The van der Waals surface area contributed by atoms with Crippen molar-refractivity contribution < 1.29 is 4.39 Å². The van der Waals surface area contributed by atoms with E-state index in [4.69, 9.17) is 11.6 Å². The van der Waals surface area contributed by atoms with Crippen LogP contribution in [0.2, 0.25) is 0 Å². The number of aromatic nitrogens is 2. The summed E-state index contributed by atoms with van der Waals surface area (Å²) in [4.78, 5) is 4.63. The average molecular weight is 360 g/mol. The molecule has 20 heavy (non-hydrogen) atoms. The van der Waals surface area contributed by atoms with Gasteiger partial charge in [-0.25, -0.2) is 9.37 Å². The Hall–Kier alpha value is -0.610. The zero-order valence-corrected chi connectivity index (χ0v) is 13.8. The fraction of sp³-hybridized carbons (Fsp3) is 0.533. The molecule has 3 rings (SSSR count). The van der Waals surface area contributed by atoms with E-state index in [2.05, 4.69) is 32.4 Å². The predicted molar refractivity (Wildman–Crippen MR) is 83.8 cm³/mol. The fourth-order valence-electron chi connectivity index (χ4n) is 2.94.